The number of likely N-dealkylation sites (tertiary alicyclic amines) is 1. The van der Waals surface area contributed by atoms with Gasteiger partial charge >= 0.3 is 0 Å². The lowest BCUT2D eigenvalue weighted by atomic mass is 9.81. The van der Waals surface area contributed by atoms with Crippen LogP contribution in [-0.2, 0) is 14.8 Å². The van der Waals surface area contributed by atoms with E-state index in [9.17, 15) is 18.3 Å². The Kier molecular flexibility index (Phi) is 4.15. The minimum Gasteiger partial charge on any atom is -0.386 e. The maximum atomic E-state index is 12.3. The van der Waals surface area contributed by atoms with Crippen LogP contribution in [0.3, 0.4) is 0 Å². The van der Waals surface area contributed by atoms with Gasteiger partial charge in [0, 0.05) is 19.0 Å². The van der Waals surface area contributed by atoms with Gasteiger partial charge in [-0.2, -0.15) is 0 Å². The van der Waals surface area contributed by atoms with Gasteiger partial charge in [0.1, 0.15) is 5.60 Å². The van der Waals surface area contributed by atoms with E-state index in [1.165, 1.54) is 10.6 Å². The summed E-state index contributed by atoms with van der Waals surface area (Å²) in [4.78, 5) is 14.0. The molecule has 0 spiro atoms. The number of nitrogens with zero attached hydrogens (tertiary/aromatic N) is 2. The fourth-order valence-corrected chi connectivity index (χ4v) is 3.70. The highest BCUT2D eigenvalue weighted by molar-refractivity contribution is 7.88. The van der Waals surface area contributed by atoms with Crippen molar-refractivity contribution in [2.75, 3.05) is 32.4 Å². The number of hydrogen-bond acceptors (Lipinski definition) is 4. The van der Waals surface area contributed by atoms with E-state index in [2.05, 4.69) is 0 Å². The van der Waals surface area contributed by atoms with Gasteiger partial charge in [0.05, 0.1) is 19.3 Å². The Hall–Kier alpha value is -0.660. The van der Waals surface area contributed by atoms with E-state index in [0.29, 0.717) is 39.0 Å². The minimum absolute atomic E-state index is 0.0588. The van der Waals surface area contributed by atoms with Gasteiger partial charge in [0.2, 0.25) is 15.9 Å². The number of rotatable bonds is 3. The zero-order valence-electron chi connectivity index (χ0n) is 12.4. The van der Waals surface area contributed by atoms with Crippen LogP contribution >= 0.6 is 0 Å². The molecule has 6 nitrogen and oxygen atoms in total. The van der Waals surface area contributed by atoms with Gasteiger partial charge in [-0.15, -0.1) is 0 Å². The maximum Gasteiger partial charge on any atom is 0.225 e. The van der Waals surface area contributed by atoms with Crippen LogP contribution in [0.15, 0.2) is 0 Å². The van der Waals surface area contributed by atoms with Crippen molar-refractivity contribution in [3.63, 3.8) is 0 Å². The van der Waals surface area contributed by atoms with Crippen molar-refractivity contribution in [2.24, 2.45) is 11.8 Å². The summed E-state index contributed by atoms with van der Waals surface area (Å²) in [5.41, 5.74) is -0.747. The Morgan fingerprint density at radius 2 is 1.75 bits per heavy atom. The van der Waals surface area contributed by atoms with E-state index < -0.39 is 15.6 Å². The van der Waals surface area contributed by atoms with Crippen molar-refractivity contribution in [2.45, 2.75) is 32.3 Å². The smallest absolute Gasteiger partial charge is 0.225 e. The number of aliphatic hydroxyl groups is 1. The standard InChI is InChI=1S/C13H24N2O4S/c1-10(2)13(17)8-14(9-13)12(16)11-4-6-15(7-5-11)20(3,18)19/h10-11,17H,4-9H2,1-3H3. The molecule has 2 saturated heterocycles. The molecule has 0 unspecified atom stereocenters. The number of carbonyl (C=O) groups excluding carboxylic acids is 1. The summed E-state index contributed by atoms with van der Waals surface area (Å²) in [6.45, 7) is 5.53. The Balaban J connectivity index is 1.85. The van der Waals surface area contributed by atoms with E-state index in [-0.39, 0.29) is 17.7 Å². The van der Waals surface area contributed by atoms with Crippen LogP contribution in [-0.4, -0.2) is 66.7 Å². The van der Waals surface area contributed by atoms with Gasteiger partial charge in [0.15, 0.2) is 0 Å². The summed E-state index contributed by atoms with van der Waals surface area (Å²) in [6, 6.07) is 0. The lowest BCUT2D eigenvalue weighted by Gasteiger charge is -2.50. The molecule has 7 heteroatoms. The van der Waals surface area contributed by atoms with Crippen molar-refractivity contribution in [1.29, 1.82) is 0 Å². The molecule has 2 aliphatic rings. The van der Waals surface area contributed by atoms with Crippen LogP contribution in [0.1, 0.15) is 26.7 Å². The molecule has 0 aromatic heterocycles. The summed E-state index contributed by atoms with van der Waals surface area (Å²) >= 11 is 0. The van der Waals surface area contributed by atoms with Gasteiger partial charge < -0.3 is 10.0 Å². The molecule has 0 radical (unpaired) electrons. The molecule has 2 rings (SSSR count). The Labute approximate surface area is 120 Å². The van der Waals surface area contributed by atoms with Crippen molar-refractivity contribution >= 4 is 15.9 Å². The number of amides is 1. The van der Waals surface area contributed by atoms with Gasteiger partial charge in [-0.1, -0.05) is 13.8 Å². The van der Waals surface area contributed by atoms with Gasteiger partial charge in [-0.05, 0) is 18.8 Å². The highest BCUT2D eigenvalue weighted by Gasteiger charge is 2.47. The summed E-state index contributed by atoms with van der Waals surface area (Å²) in [7, 11) is -3.15. The third-order valence-electron chi connectivity index (χ3n) is 4.59. The quantitative estimate of drug-likeness (QED) is 0.789. The predicted octanol–water partition coefficient (Wildman–Crippen LogP) is -0.113. The SMILES string of the molecule is CC(C)C1(O)CN(C(=O)C2CCN(S(C)(=O)=O)CC2)C1. The summed E-state index contributed by atoms with van der Waals surface area (Å²) < 4.78 is 24.3. The Morgan fingerprint density at radius 3 is 2.15 bits per heavy atom. The summed E-state index contributed by atoms with van der Waals surface area (Å²) in [6.07, 6.45) is 2.35. The van der Waals surface area contributed by atoms with E-state index in [0.717, 1.165) is 0 Å². The second-order valence-electron chi connectivity index (χ2n) is 6.39. The highest BCUT2D eigenvalue weighted by Crippen LogP contribution is 2.31. The molecule has 0 saturated carbocycles. The second-order valence-corrected chi connectivity index (χ2v) is 8.37. The molecule has 2 aliphatic heterocycles. The first kappa shape index (κ1) is 15.7. The number of hydrogen-bond donors (Lipinski definition) is 1. The van der Waals surface area contributed by atoms with Gasteiger partial charge in [-0.25, -0.2) is 12.7 Å². The van der Waals surface area contributed by atoms with Gasteiger partial charge in [0.25, 0.3) is 0 Å². The topological polar surface area (TPSA) is 77.9 Å². The van der Waals surface area contributed by atoms with Crippen LogP contribution in [0, 0.1) is 11.8 Å². The molecule has 116 valence electrons. The molecule has 2 fully saturated rings. The Bertz CT molecular complexity index is 475. The number of sulfonamides is 1. The molecule has 2 heterocycles. The average molecular weight is 304 g/mol. The molecule has 20 heavy (non-hydrogen) atoms. The molecule has 0 aliphatic carbocycles. The third kappa shape index (κ3) is 2.99. The number of piperidine rings is 1. The van der Waals surface area contributed by atoms with Crippen molar-refractivity contribution in [1.82, 2.24) is 9.21 Å². The van der Waals surface area contributed by atoms with E-state index in [1.54, 1.807) is 4.90 Å². The zero-order valence-corrected chi connectivity index (χ0v) is 13.2. The molecule has 0 aromatic carbocycles. The van der Waals surface area contributed by atoms with Crippen LogP contribution in [0.2, 0.25) is 0 Å². The normalized spacial score (nSPS) is 24.8. The van der Waals surface area contributed by atoms with Crippen molar-refractivity contribution in [3.05, 3.63) is 0 Å². The van der Waals surface area contributed by atoms with Gasteiger partial charge in [-0.3, -0.25) is 4.79 Å². The largest absolute Gasteiger partial charge is 0.386 e. The first-order chi connectivity index (χ1) is 9.13. The monoisotopic (exact) mass is 304 g/mol. The van der Waals surface area contributed by atoms with Crippen molar-refractivity contribution in [3.8, 4) is 0 Å². The molecule has 1 N–H and O–H groups in total. The first-order valence-corrected chi connectivity index (χ1v) is 8.94. The maximum absolute atomic E-state index is 12.3. The summed E-state index contributed by atoms with van der Waals surface area (Å²) in [5, 5.41) is 10.2. The van der Waals surface area contributed by atoms with E-state index in [1.807, 2.05) is 13.8 Å². The Morgan fingerprint density at radius 1 is 1.25 bits per heavy atom. The lowest BCUT2D eigenvalue weighted by Crippen LogP contribution is -2.67. The highest BCUT2D eigenvalue weighted by atomic mass is 32.2. The molecule has 0 aromatic rings. The number of β-amino-alcohol motifs (C(OH)–C–C–N with tert-alkyl or cyclic N) is 1. The summed E-state index contributed by atoms with van der Waals surface area (Å²) in [5.74, 6) is 0.0896. The second kappa shape index (κ2) is 5.27. The van der Waals surface area contributed by atoms with Crippen molar-refractivity contribution < 1.29 is 18.3 Å². The fourth-order valence-electron chi connectivity index (χ4n) is 2.83. The molecule has 0 bridgehead atoms. The fraction of sp³-hybridized carbons (Fsp3) is 0.923. The molecular formula is C13H24N2O4S. The van der Waals surface area contributed by atoms with Crippen LogP contribution < -0.4 is 0 Å². The third-order valence-corrected chi connectivity index (χ3v) is 5.89. The molecule has 1 amide bonds. The van der Waals surface area contributed by atoms with Crippen LogP contribution in [0.25, 0.3) is 0 Å². The van der Waals surface area contributed by atoms with Crippen LogP contribution in [0.5, 0.6) is 0 Å². The minimum atomic E-state index is -3.15. The zero-order chi connectivity index (χ0) is 15.1. The van der Waals surface area contributed by atoms with E-state index >= 15 is 0 Å². The first-order valence-electron chi connectivity index (χ1n) is 7.10. The average Bonchev–Trinajstić information content (AvgIpc) is 2.33. The molecular weight excluding hydrogens is 280 g/mol. The molecule has 0 atom stereocenters. The number of carbonyl (C=O) groups is 1. The predicted molar refractivity (Wildman–Crippen MR) is 75.5 cm³/mol. The van der Waals surface area contributed by atoms with E-state index in [4.69, 9.17) is 0 Å². The van der Waals surface area contributed by atoms with Crippen LogP contribution in [0.4, 0.5) is 0 Å². The lowest BCUT2D eigenvalue weighted by molar-refractivity contribution is -0.168.